The van der Waals surface area contributed by atoms with E-state index in [2.05, 4.69) is 57.9 Å². The van der Waals surface area contributed by atoms with E-state index >= 15 is 0 Å². The van der Waals surface area contributed by atoms with E-state index in [0.29, 0.717) is 57.2 Å². The number of imidazole rings is 2. The fourth-order valence-corrected chi connectivity index (χ4v) is 9.71. The van der Waals surface area contributed by atoms with Crippen LogP contribution < -0.4 is 15.4 Å². The van der Waals surface area contributed by atoms with Gasteiger partial charge >= 0.3 is 12.2 Å². The number of hydrogen-bond acceptors (Lipinski definition) is 12. The van der Waals surface area contributed by atoms with E-state index in [1.165, 1.54) is 28.4 Å². The summed E-state index contributed by atoms with van der Waals surface area (Å²) in [5, 5.41) is 7.24. The third-order valence-electron chi connectivity index (χ3n) is 13.1. The number of rotatable bonds is 14. The van der Waals surface area contributed by atoms with Crippen LogP contribution in [0.1, 0.15) is 69.3 Å². The quantitative estimate of drug-likeness (QED) is 0.101. The number of H-pyrrole nitrogens is 2. The molecule has 0 saturated carbocycles. The third kappa shape index (κ3) is 8.81. The molecule has 65 heavy (non-hydrogen) atoms. The first-order valence-electron chi connectivity index (χ1n) is 22.0. The summed E-state index contributed by atoms with van der Waals surface area (Å²) in [6.07, 6.45) is 1.07. The first-order valence-corrected chi connectivity index (χ1v) is 22.0. The van der Waals surface area contributed by atoms with Gasteiger partial charge in [0.25, 0.3) is 0 Å². The van der Waals surface area contributed by atoms with E-state index in [4.69, 9.17) is 38.4 Å². The zero-order valence-electron chi connectivity index (χ0n) is 38.1. The molecule has 0 unspecified atom stereocenters. The highest BCUT2D eigenvalue weighted by Gasteiger charge is 2.44. The molecule has 5 heterocycles. The monoisotopic (exact) mass is 894 g/mol. The molecule has 0 bridgehead atoms. The molecule has 4 N–H and O–H groups in total. The van der Waals surface area contributed by atoms with E-state index in [1.54, 1.807) is 30.0 Å². The van der Waals surface area contributed by atoms with Crippen molar-refractivity contribution >= 4 is 45.8 Å². The van der Waals surface area contributed by atoms with Gasteiger partial charge in [-0.2, -0.15) is 0 Å². The number of ether oxygens (including phenoxy) is 6. The molecule has 2 saturated heterocycles. The number of nitrogens with zero attached hydrogens (tertiary/aromatic N) is 4. The zero-order valence-corrected chi connectivity index (χ0v) is 38.1. The molecular formula is C47H58N8O10. The summed E-state index contributed by atoms with van der Waals surface area (Å²) in [4.78, 5) is 73.2. The summed E-state index contributed by atoms with van der Waals surface area (Å²) >= 11 is 0. The first kappa shape index (κ1) is 45.3. The Bertz CT molecular complexity index is 2570. The zero-order chi connectivity index (χ0) is 46.1. The van der Waals surface area contributed by atoms with Crippen molar-refractivity contribution in [3.63, 3.8) is 0 Å². The number of aromatic amines is 2. The molecule has 4 amide bonds. The van der Waals surface area contributed by atoms with Gasteiger partial charge in [-0.3, -0.25) is 9.59 Å². The molecule has 3 aromatic carbocycles. The molecule has 2 aromatic heterocycles. The maximum Gasteiger partial charge on any atom is 0.407 e. The van der Waals surface area contributed by atoms with Gasteiger partial charge in [-0.05, 0) is 78.4 Å². The summed E-state index contributed by atoms with van der Waals surface area (Å²) in [6, 6.07) is 11.9. The van der Waals surface area contributed by atoms with Gasteiger partial charge in [0.05, 0.1) is 68.0 Å². The standard InChI is InChI=1S/C47H58N8O10/c1-9-37(62-6)41(53-47(59)64-8)45(57)54-20-24(2)14-35(54)42-48-19-34(50-42)28-10-12-30-29(16-28)23-65-38-18-31-27(17-32(30)38)11-13-33-40(31)51-43(49-33)36-15-26(22-60-4)21-55(36)44(56)39(25(3)61-5)52-46(58)63-7/h10-13,16-19,24-26,35-37,39,41H,9,14-15,20-23H2,1-8H3,(H,48,50)(H,49,51)(H,52,58)(H,53,59)/t24-,25+,26-,35-,36-,37+,39-,41-/m0/s1. The number of aromatic nitrogens is 4. The predicted octanol–water partition coefficient (Wildman–Crippen LogP) is 6.02. The molecule has 8 atom stereocenters. The van der Waals surface area contributed by atoms with Crippen molar-refractivity contribution in [2.45, 2.75) is 83.0 Å². The highest BCUT2D eigenvalue weighted by atomic mass is 16.5. The lowest BCUT2D eigenvalue weighted by Crippen LogP contribution is -2.54. The van der Waals surface area contributed by atoms with E-state index in [1.807, 2.05) is 19.1 Å². The maximum absolute atomic E-state index is 14.2. The second-order valence-corrected chi connectivity index (χ2v) is 17.3. The molecule has 5 aromatic rings. The van der Waals surface area contributed by atoms with Crippen molar-refractivity contribution in [3.05, 3.63) is 65.9 Å². The van der Waals surface area contributed by atoms with Crippen molar-refractivity contribution in [1.29, 1.82) is 0 Å². The Labute approximate surface area is 377 Å². The normalized spacial score (nSPS) is 21.0. The first-order chi connectivity index (χ1) is 31.4. The number of nitrogens with one attached hydrogen (secondary N) is 4. The van der Waals surface area contributed by atoms with Crippen LogP contribution in [0, 0.1) is 11.8 Å². The minimum absolute atomic E-state index is 0.0512. The second-order valence-electron chi connectivity index (χ2n) is 17.3. The van der Waals surface area contributed by atoms with Gasteiger partial charge in [0.2, 0.25) is 11.8 Å². The van der Waals surface area contributed by atoms with Crippen LogP contribution in [-0.4, -0.2) is 133 Å². The molecule has 3 aliphatic rings. The lowest BCUT2D eigenvalue weighted by molar-refractivity contribution is -0.138. The van der Waals surface area contributed by atoms with Crippen LogP contribution in [0.25, 0.3) is 44.2 Å². The molecule has 2 fully saturated rings. The number of methoxy groups -OCH3 is 5. The largest absolute Gasteiger partial charge is 0.488 e. The van der Waals surface area contributed by atoms with Crippen LogP contribution in [0.15, 0.2) is 48.7 Å². The van der Waals surface area contributed by atoms with Crippen LogP contribution in [0.3, 0.4) is 0 Å². The Morgan fingerprint density at radius 3 is 2.28 bits per heavy atom. The average Bonchev–Trinajstić information content (AvgIpc) is 4.15. The molecule has 0 aliphatic carbocycles. The Kier molecular flexibility index (Phi) is 13.3. The van der Waals surface area contributed by atoms with Crippen LogP contribution in [-0.2, 0) is 39.9 Å². The number of hydrogen-bond donors (Lipinski definition) is 4. The molecule has 3 aliphatic heterocycles. The maximum atomic E-state index is 14.2. The summed E-state index contributed by atoms with van der Waals surface area (Å²) in [7, 11) is 7.19. The van der Waals surface area contributed by atoms with Crippen LogP contribution in [0.2, 0.25) is 0 Å². The number of fused-ring (bicyclic) bond motifs is 6. The lowest BCUT2D eigenvalue weighted by atomic mass is 9.92. The van der Waals surface area contributed by atoms with Crippen molar-refractivity contribution in [1.82, 2.24) is 40.4 Å². The smallest absolute Gasteiger partial charge is 0.407 e. The molecule has 18 heteroatoms. The van der Waals surface area contributed by atoms with E-state index in [9.17, 15) is 19.2 Å². The van der Waals surface area contributed by atoms with Gasteiger partial charge in [0.1, 0.15) is 36.1 Å². The number of amides is 4. The van der Waals surface area contributed by atoms with Crippen LogP contribution in [0.5, 0.6) is 5.75 Å². The molecule has 0 radical (unpaired) electrons. The van der Waals surface area contributed by atoms with Gasteiger partial charge in [-0.15, -0.1) is 0 Å². The second kappa shape index (κ2) is 19.1. The number of benzene rings is 3. The Morgan fingerprint density at radius 2 is 1.57 bits per heavy atom. The van der Waals surface area contributed by atoms with Gasteiger partial charge in [-0.25, -0.2) is 19.6 Å². The van der Waals surface area contributed by atoms with Crippen LogP contribution >= 0.6 is 0 Å². The van der Waals surface area contributed by atoms with E-state index < -0.39 is 42.5 Å². The van der Waals surface area contributed by atoms with Gasteiger partial charge in [0, 0.05) is 51.3 Å². The molecule has 346 valence electrons. The number of carbonyl (C=O) groups is 4. The van der Waals surface area contributed by atoms with Crippen molar-refractivity contribution in [2.24, 2.45) is 11.8 Å². The molecule has 8 rings (SSSR count). The van der Waals surface area contributed by atoms with Crippen LogP contribution in [0.4, 0.5) is 9.59 Å². The minimum Gasteiger partial charge on any atom is -0.488 e. The highest BCUT2D eigenvalue weighted by Crippen LogP contribution is 2.44. The van der Waals surface area contributed by atoms with Crippen molar-refractivity contribution < 1.29 is 47.6 Å². The van der Waals surface area contributed by atoms with Gasteiger partial charge in [0.15, 0.2) is 0 Å². The predicted molar refractivity (Wildman–Crippen MR) is 240 cm³/mol. The molecule has 18 nitrogen and oxygen atoms in total. The van der Waals surface area contributed by atoms with E-state index in [-0.39, 0.29) is 29.7 Å². The molecule has 0 spiro atoms. The fraction of sp³-hybridized carbons (Fsp3) is 0.489. The Morgan fingerprint density at radius 1 is 0.846 bits per heavy atom. The summed E-state index contributed by atoms with van der Waals surface area (Å²) in [6.45, 7) is 7.47. The van der Waals surface area contributed by atoms with Gasteiger partial charge < -0.3 is 58.8 Å². The number of alkyl carbamates (subject to hydrolysis) is 2. The lowest BCUT2D eigenvalue weighted by Gasteiger charge is -2.31. The van der Waals surface area contributed by atoms with E-state index in [0.717, 1.165) is 55.5 Å². The summed E-state index contributed by atoms with van der Waals surface area (Å²) < 4.78 is 32.7. The highest BCUT2D eigenvalue weighted by molar-refractivity contribution is 6.07. The number of carbonyl (C=O) groups excluding carboxylic acids is 4. The topological polar surface area (TPSA) is 212 Å². The SMILES string of the molecule is CC[C@@H](OC)[C@H](NC(=O)OC)C(=O)N1C[C@@H](C)C[C@H]1c1ncc(-c2ccc3c(c2)COc2cc4c(ccc5[nH]c([C@@H]6C[C@H](COC)CN6C(=O)[C@@H](NC(=O)OC)[C@@H](C)OC)nc54)cc2-3)[nH]1. The fourth-order valence-electron chi connectivity index (χ4n) is 9.71. The van der Waals surface area contributed by atoms with Crippen molar-refractivity contribution in [2.75, 3.05) is 55.2 Å². The minimum atomic E-state index is -0.974. The summed E-state index contributed by atoms with van der Waals surface area (Å²) in [5.41, 5.74) is 6.34. The summed E-state index contributed by atoms with van der Waals surface area (Å²) in [5.74, 6) is 1.76. The van der Waals surface area contributed by atoms with Crippen molar-refractivity contribution in [3.8, 4) is 28.1 Å². The third-order valence-corrected chi connectivity index (χ3v) is 13.1. The average molecular weight is 895 g/mol. The number of likely N-dealkylation sites (tertiary alicyclic amines) is 2. The Balaban J connectivity index is 1.05. The van der Waals surface area contributed by atoms with Gasteiger partial charge in [-0.1, -0.05) is 32.0 Å². The Hall–Kier alpha value is -6.24. The molecular weight excluding hydrogens is 837 g/mol.